The molecule has 0 fully saturated rings. The summed E-state index contributed by atoms with van der Waals surface area (Å²) in [6.45, 7) is 29.5. The zero-order valence-electron chi connectivity index (χ0n) is 19.2. The number of rotatable bonds is 11. The molecule has 146 valence electrons. The molecule has 0 saturated carbocycles. The highest BCUT2D eigenvalue weighted by atomic mass is 14.4. The van der Waals surface area contributed by atoms with Gasteiger partial charge in [-0.25, -0.2) is 0 Å². The van der Waals surface area contributed by atoms with Crippen LogP contribution < -0.4 is 0 Å². The fourth-order valence-corrected chi connectivity index (χ4v) is 4.99. The molecular weight excluding hydrogens is 288 g/mol. The van der Waals surface area contributed by atoms with Crippen molar-refractivity contribution >= 4 is 0 Å². The Bertz CT molecular complexity index is 318. The predicted octanol–water partition coefficient (Wildman–Crippen LogP) is 8.17. The first-order chi connectivity index (χ1) is 11.0. The summed E-state index contributed by atoms with van der Waals surface area (Å²) in [7, 11) is 0. The third-order valence-electron chi connectivity index (χ3n) is 8.55. The molecular formula is C24H50. The molecule has 0 nitrogen and oxygen atoms in total. The van der Waals surface area contributed by atoms with Gasteiger partial charge >= 0.3 is 0 Å². The van der Waals surface area contributed by atoms with Gasteiger partial charge in [-0.2, -0.15) is 0 Å². The van der Waals surface area contributed by atoms with E-state index in [0.29, 0.717) is 0 Å². The molecule has 0 aromatic rings. The second-order valence-corrected chi connectivity index (χ2v) is 9.72. The van der Waals surface area contributed by atoms with Crippen LogP contribution in [0.5, 0.6) is 0 Å². The van der Waals surface area contributed by atoms with E-state index >= 15 is 0 Å². The Balaban J connectivity index is 5.00. The average molecular weight is 339 g/mol. The van der Waals surface area contributed by atoms with Crippen LogP contribution in [0.1, 0.15) is 95.9 Å². The lowest BCUT2D eigenvalue weighted by Crippen LogP contribution is -2.34. The predicted molar refractivity (Wildman–Crippen MR) is 112 cm³/mol. The van der Waals surface area contributed by atoms with Gasteiger partial charge in [-0.15, -0.1) is 0 Å². The standard InChI is InChI=1S/C24H50/c1-13-16(5)24(14-2)23(12)22(11)21(10)20(9)19(8)18(7)17(6)15(3)4/h15-24H,13-14H2,1-12H3. The minimum Gasteiger partial charge on any atom is -0.0651 e. The van der Waals surface area contributed by atoms with Crippen LogP contribution in [-0.4, -0.2) is 0 Å². The molecule has 0 aromatic carbocycles. The van der Waals surface area contributed by atoms with Crippen LogP contribution in [0.25, 0.3) is 0 Å². The first-order valence-corrected chi connectivity index (χ1v) is 11.0. The van der Waals surface area contributed by atoms with Gasteiger partial charge < -0.3 is 0 Å². The molecule has 0 aliphatic carbocycles. The highest BCUT2D eigenvalue weighted by Crippen LogP contribution is 2.41. The van der Waals surface area contributed by atoms with E-state index in [4.69, 9.17) is 0 Å². The van der Waals surface area contributed by atoms with E-state index in [-0.39, 0.29) is 0 Å². The molecule has 0 aromatic heterocycles. The van der Waals surface area contributed by atoms with Crippen molar-refractivity contribution in [2.75, 3.05) is 0 Å². The Morgan fingerprint density at radius 1 is 0.417 bits per heavy atom. The molecule has 9 atom stereocenters. The summed E-state index contributed by atoms with van der Waals surface area (Å²) in [6.07, 6.45) is 2.65. The van der Waals surface area contributed by atoms with Gasteiger partial charge in [0.15, 0.2) is 0 Å². The monoisotopic (exact) mass is 338 g/mol. The maximum atomic E-state index is 2.53. The molecule has 0 aliphatic rings. The lowest BCUT2D eigenvalue weighted by molar-refractivity contribution is 0.0774. The molecule has 0 heteroatoms. The molecule has 0 aliphatic heterocycles. The van der Waals surface area contributed by atoms with Gasteiger partial charge in [0.25, 0.3) is 0 Å². The molecule has 0 spiro atoms. The van der Waals surface area contributed by atoms with Crippen LogP contribution in [0.2, 0.25) is 0 Å². The van der Waals surface area contributed by atoms with Crippen LogP contribution in [-0.2, 0) is 0 Å². The van der Waals surface area contributed by atoms with E-state index in [9.17, 15) is 0 Å². The topological polar surface area (TPSA) is 0 Å². The van der Waals surface area contributed by atoms with Crippen molar-refractivity contribution in [2.45, 2.75) is 95.9 Å². The fraction of sp³-hybridized carbons (Fsp3) is 1.00. The van der Waals surface area contributed by atoms with E-state index < -0.39 is 0 Å². The van der Waals surface area contributed by atoms with Gasteiger partial charge in [0.05, 0.1) is 0 Å². The molecule has 9 unspecified atom stereocenters. The maximum absolute atomic E-state index is 2.53. The molecule has 0 rings (SSSR count). The van der Waals surface area contributed by atoms with E-state index in [1.165, 1.54) is 12.8 Å². The van der Waals surface area contributed by atoms with Gasteiger partial charge in [0, 0.05) is 0 Å². The summed E-state index contributed by atoms with van der Waals surface area (Å²) in [5.74, 6) is 8.17. The summed E-state index contributed by atoms with van der Waals surface area (Å²) in [5.41, 5.74) is 0. The van der Waals surface area contributed by atoms with Gasteiger partial charge in [0.1, 0.15) is 0 Å². The summed E-state index contributed by atoms with van der Waals surface area (Å²) in [5, 5.41) is 0. The van der Waals surface area contributed by atoms with E-state index in [2.05, 4.69) is 83.1 Å². The van der Waals surface area contributed by atoms with Crippen molar-refractivity contribution in [3.63, 3.8) is 0 Å². The smallest absolute Gasteiger partial charge is 0.0363 e. The lowest BCUT2D eigenvalue weighted by Gasteiger charge is -2.41. The van der Waals surface area contributed by atoms with Crippen LogP contribution in [0.4, 0.5) is 0 Å². The van der Waals surface area contributed by atoms with Gasteiger partial charge in [-0.05, 0) is 59.2 Å². The van der Waals surface area contributed by atoms with E-state index in [1.807, 2.05) is 0 Å². The van der Waals surface area contributed by atoms with Crippen molar-refractivity contribution in [2.24, 2.45) is 59.2 Å². The summed E-state index contributed by atoms with van der Waals surface area (Å²) < 4.78 is 0. The highest BCUT2D eigenvalue weighted by Gasteiger charge is 2.34. The molecule has 0 radical (unpaired) electrons. The Labute approximate surface area is 155 Å². The SMILES string of the molecule is CCC(C)C(CC)C(C)C(C)C(C)C(C)C(C)C(C)C(C)C(C)C. The Morgan fingerprint density at radius 2 is 0.750 bits per heavy atom. The zero-order chi connectivity index (χ0) is 19.2. The molecule has 0 bridgehead atoms. The van der Waals surface area contributed by atoms with Crippen LogP contribution >= 0.6 is 0 Å². The number of hydrogen-bond acceptors (Lipinski definition) is 0. The van der Waals surface area contributed by atoms with E-state index in [0.717, 1.165) is 59.2 Å². The number of hydrogen-bond donors (Lipinski definition) is 0. The maximum Gasteiger partial charge on any atom is -0.0363 e. The zero-order valence-corrected chi connectivity index (χ0v) is 19.2. The van der Waals surface area contributed by atoms with Crippen LogP contribution in [0.15, 0.2) is 0 Å². The fourth-order valence-electron chi connectivity index (χ4n) is 4.99. The van der Waals surface area contributed by atoms with Crippen LogP contribution in [0.3, 0.4) is 0 Å². The third kappa shape index (κ3) is 6.06. The van der Waals surface area contributed by atoms with Gasteiger partial charge in [-0.1, -0.05) is 95.9 Å². The van der Waals surface area contributed by atoms with Crippen molar-refractivity contribution < 1.29 is 0 Å². The second-order valence-electron chi connectivity index (χ2n) is 9.72. The Hall–Kier alpha value is 0. The first-order valence-electron chi connectivity index (χ1n) is 11.0. The highest BCUT2D eigenvalue weighted by molar-refractivity contribution is 4.83. The van der Waals surface area contributed by atoms with Crippen LogP contribution in [0, 0.1) is 59.2 Å². The Kier molecular flexibility index (Phi) is 10.9. The minimum absolute atomic E-state index is 0.788. The largest absolute Gasteiger partial charge is 0.0651 e. The van der Waals surface area contributed by atoms with Gasteiger partial charge in [-0.3, -0.25) is 0 Å². The average Bonchev–Trinajstić information content (AvgIpc) is 2.57. The normalized spacial score (nSPS) is 23.9. The quantitative estimate of drug-likeness (QED) is 0.356. The molecule has 0 saturated heterocycles. The second kappa shape index (κ2) is 10.9. The lowest BCUT2D eigenvalue weighted by atomic mass is 9.64. The van der Waals surface area contributed by atoms with Crippen molar-refractivity contribution in [3.8, 4) is 0 Å². The van der Waals surface area contributed by atoms with E-state index in [1.54, 1.807) is 0 Å². The first kappa shape index (κ1) is 24.0. The summed E-state index contributed by atoms with van der Waals surface area (Å²) in [6, 6.07) is 0. The Morgan fingerprint density at radius 3 is 1.04 bits per heavy atom. The minimum atomic E-state index is 0.788. The molecule has 0 N–H and O–H groups in total. The summed E-state index contributed by atoms with van der Waals surface area (Å²) in [4.78, 5) is 0. The molecule has 0 amide bonds. The van der Waals surface area contributed by atoms with Crippen molar-refractivity contribution in [1.82, 2.24) is 0 Å². The summed E-state index contributed by atoms with van der Waals surface area (Å²) >= 11 is 0. The van der Waals surface area contributed by atoms with Crippen molar-refractivity contribution in [1.29, 1.82) is 0 Å². The van der Waals surface area contributed by atoms with Gasteiger partial charge in [0.2, 0.25) is 0 Å². The van der Waals surface area contributed by atoms with Crippen molar-refractivity contribution in [3.05, 3.63) is 0 Å². The third-order valence-corrected chi connectivity index (χ3v) is 8.55. The molecule has 0 heterocycles. The molecule has 24 heavy (non-hydrogen) atoms.